The molecule has 1 aliphatic rings. The lowest BCUT2D eigenvalue weighted by molar-refractivity contribution is 0.650. The van der Waals surface area contributed by atoms with E-state index < -0.39 is 0 Å². The van der Waals surface area contributed by atoms with Crippen LogP contribution in [0.15, 0.2) is 18.2 Å². The van der Waals surface area contributed by atoms with Crippen molar-refractivity contribution in [3.05, 3.63) is 34.9 Å². The highest BCUT2D eigenvalue weighted by Gasteiger charge is 2.08. The zero-order valence-corrected chi connectivity index (χ0v) is 10.7. The predicted octanol–water partition coefficient (Wildman–Crippen LogP) is 2.05. The number of nitrogens with one attached hydrogen (secondary N) is 1. The van der Waals surface area contributed by atoms with Crippen LogP contribution in [0.25, 0.3) is 0 Å². The zero-order chi connectivity index (χ0) is 11.9. The molecular weight excluding hydrogens is 208 g/mol. The minimum absolute atomic E-state index is 0.784. The predicted molar refractivity (Wildman–Crippen MR) is 73.3 cm³/mol. The molecule has 0 heterocycles. The van der Waals surface area contributed by atoms with Crippen LogP contribution in [0.4, 0.5) is 0 Å². The molecule has 0 saturated heterocycles. The summed E-state index contributed by atoms with van der Waals surface area (Å²) in [6.45, 7) is 2.89. The second-order valence-electron chi connectivity index (χ2n) is 4.95. The number of nitrogens with two attached hydrogens (primary N) is 1. The van der Waals surface area contributed by atoms with E-state index in [4.69, 9.17) is 5.73 Å². The molecule has 1 aliphatic carbocycles. The van der Waals surface area contributed by atoms with Gasteiger partial charge in [-0.05, 0) is 74.8 Å². The summed E-state index contributed by atoms with van der Waals surface area (Å²) in [5.74, 6) is 0. The molecule has 0 aliphatic heterocycles. The van der Waals surface area contributed by atoms with Crippen LogP contribution < -0.4 is 11.1 Å². The maximum atomic E-state index is 5.46. The molecule has 2 nitrogen and oxygen atoms in total. The molecule has 0 aromatic heterocycles. The summed E-state index contributed by atoms with van der Waals surface area (Å²) >= 11 is 0. The fourth-order valence-electron chi connectivity index (χ4n) is 2.53. The lowest BCUT2D eigenvalue weighted by atomic mass is 9.90. The monoisotopic (exact) mass is 232 g/mol. The summed E-state index contributed by atoms with van der Waals surface area (Å²) in [7, 11) is 0. The maximum absolute atomic E-state index is 5.46. The molecule has 2 heteroatoms. The smallest absolute Gasteiger partial charge is 0.000834 e. The Morgan fingerprint density at radius 1 is 1.06 bits per heavy atom. The van der Waals surface area contributed by atoms with Crippen molar-refractivity contribution in [3.8, 4) is 0 Å². The minimum atomic E-state index is 0.784. The van der Waals surface area contributed by atoms with E-state index in [9.17, 15) is 0 Å². The third-order valence-electron chi connectivity index (χ3n) is 3.56. The number of hydrogen-bond acceptors (Lipinski definition) is 2. The van der Waals surface area contributed by atoms with E-state index in [1.54, 1.807) is 11.1 Å². The summed E-state index contributed by atoms with van der Waals surface area (Å²) in [4.78, 5) is 0. The minimum Gasteiger partial charge on any atom is -0.330 e. The summed E-state index contributed by atoms with van der Waals surface area (Å²) in [5.41, 5.74) is 10.1. The van der Waals surface area contributed by atoms with E-state index >= 15 is 0 Å². The van der Waals surface area contributed by atoms with Crippen LogP contribution in [0.3, 0.4) is 0 Å². The molecule has 94 valence electrons. The number of fused-ring (bicyclic) bond motifs is 1. The van der Waals surface area contributed by atoms with E-state index in [1.807, 2.05) is 0 Å². The fraction of sp³-hybridized carbons (Fsp3) is 0.600. The molecule has 0 radical (unpaired) electrons. The van der Waals surface area contributed by atoms with Gasteiger partial charge in [-0.1, -0.05) is 18.2 Å². The topological polar surface area (TPSA) is 38.0 Å². The first-order chi connectivity index (χ1) is 8.40. The van der Waals surface area contributed by atoms with Gasteiger partial charge in [0.05, 0.1) is 0 Å². The number of benzene rings is 1. The van der Waals surface area contributed by atoms with Crippen molar-refractivity contribution in [2.75, 3.05) is 19.6 Å². The molecule has 2 rings (SSSR count). The lowest BCUT2D eigenvalue weighted by Gasteiger charge is -2.16. The Morgan fingerprint density at radius 2 is 1.88 bits per heavy atom. The van der Waals surface area contributed by atoms with Crippen molar-refractivity contribution in [2.45, 2.75) is 38.5 Å². The van der Waals surface area contributed by atoms with Crippen LogP contribution in [0.1, 0.15) is 36.0 Å². The highest BCUT2D eigenvalue weighted by molar-refractivity contribution is 5.33. The van der Waals surface area contributed by atoms with Crippen LogP contribution in [0.2, 0.25) is 0 Å². The van der Waals surface area contributed by atoms with Gasteiger partial charge in [-0.3, -0.25) is 0 Å². The second-order valence-corrected chi connectivity index (χ2v) is 4.95. The van der Waals surface area contributed by atoms with Gasteiger partial charge in [0.15, 0.2) is 0 Å². The van der Waals surface area contributed by atoms with Gasteiger partial charge in [-0.2, -0.15) is 0 Å². The zero-order valence-electron chi connectivity index (χ0n) is 10.7. The number of rotatable bonds is 6. The Bertz CT molecular complexity index is 347. The van der Waals surface area contributed by atoms with Gasteiger partial charge in [-0.25, -0.2) is 0 Å². The van der Waals surface area contributed by atoms with Gasteiger partial charge in [0.1, 0.15) is 0 Å². The standard InChI is InChI=1S/C15H24N2/c16-9-3-10-17-11-8-13-6-7-14-4-1-2-5-15(14)12-13/h6-7,12,17H,1-5,8-11,16H2. The lowest BCUT2D eigenvalue weighted by Crippen LogP contribution is -2.20. The summed E-state index contributed by atoms with van der Waals surface area (Å²) in [5, 5.41) is 3.43. The molecule has 0 bridgehead atoms. The first-order valence-electron chi connectivity index (χ1n) is 6.91. The molecular formula is C15H24N2. The van der Waals surface area contributed by atoms with Crippen LogP contribution in [0, 0.1) is 0 Å². The summed E-state index contributed by atoms with van der Waals surface area (Å²) in [6.07, 6.45) is 7.51. The van der Waals surface area contributed by atoms with Crippen LogP contribution in [-0.4, -0.2) is 19.6 Å². The Labute approximate surface area is 105 Å². The largest absolute Gasteiger partial charge is 0.330 e. The van der Waals surface area contributed by atoms with Crippen molar-refractivity contribution in [1.82, 2.24) is 5.32 Å². The van der Waals surface area contributed by atoms with Gasteiger partial charge in [0.25, 0.3) is 0 Å². The van der Waals surface area contributed by atoms with Crippen LogP contribution in [-0.2, 0) is 19.3 Å². The van der Waals surface area contributed by atoms with Gasteiger partial charge in [0.2, 0.25) is 0 Å². The van der Waals surface area contributed by atoms with Gasteiger partial charge in [0, 0.05) is 0 Å². The Balaban J connectivity index is 1.81. The fourth-order valence-corrected chi connectivity index (χ4v) is 2.53. The molecule has 0 atom stereocenters. The normalized spacial score (nSPS) is 14.6. The molecule has 17 heavy (non-hydrogen) atoms. The highest BCUT2D eigenvalue weighted by Crippen LogP contribution is 2.22. The van der Waals surface area contributed by atoms with Crippen molar-refractivity contribution in [2.24, 2.45) is 5.73 Å². The van der Waals surface area contributed by atoms with Crippen molar-refractivity contribution < 1.29 is 0 Å². The Morgan fingerprint density at radius 3 is 2.71 bits per heavy atom. The van der Waals surface area contributed by atoms with E-state index in [0.29, 0.717) is 0 Å². The molecule has 0 fully saturated rings. The molecule has 1 aromatic rings. The SMILES string of the molecule is NCCCNCCc1ccc2c(c1)CCCC2. The first kappa shape index (κ1) is 12.6. The number of aryl methyl sites for hydroxylation is 2. The van der Waals surface area contributed by atoms with E-state index in [1.165, 1.54) is 31.2 Å². The molecule has 0 unspecified atom stereocenters. The first-order valence-corrected chi connectivity index (χ1v) is 6.91. The Kier molecular flexibility index (Phi) is 5.02. The third-order valence-corrected chi connectivity index (χ3v) is 3.56. The Hall–Kier alpha value is -0.860. The molecule has 3 N–H and O–H groups in total. The molecule has 0 spiro atoms. The maximum Gasteiger partial charge on any atom is -0.000834 e. The van der Waals surface area contributed by atoms with Crippen molar-refractivity contribution >= 4 is 0 Å². The van der Waals surface area contributed by atoms with E-state index in [0.717, 1.165) is 32.5 Å². The van der Waals surface area contributed by atoms with Gasteiger partial charge in [-0.15, -0.1) is 0 Å². The second kappa shape index (κ2) is 6.77. The summed E-state index contributed by atoms with van der Waals surface area (Å²) < 4.78 is 0. The van der Waals surface area contributed by atoms with Gasteiger partial charge < -0.3 is 11.1 Å². The van der Waals surface area contributed by atoms with Crippen LogP contribution >= 0.6 is 0 Å². The van der Waals surface area contributed by atoms with Crippen LogP contribution in [0.5, 0.6) is 0 Å². The molecule has 1 aromatic carbocycles. The quantitative estimate of drug-likeness (QED) is 0.737. The van der Waals surface area contributed by atoms with E-state index in [-0.39, 0.29) is 0 Å². The molecule has 0 saturated carbocycles. The van der Waals surface area contributed by atoms with Crippen molar-refractivity contribution in [3.63, 3.8) is 0 Å². The van der Waals surface area contributed by atoms with E-state index in [2.05, 4.69) is 23.5 Å². The van der Waals surface area contributed by atoms with Gasteiger partial charge >= 0.3 is 0 Å². The summed E-state index contributed by atoms with van der Waals surface area (Å²) in [6, 6.07) is 7.05. The third kappa shape index (κ3) is 3.83. The number of hydrogen-bond donors (Lipinski definition) is 2. The van der Waals surface area contributed by atoms with Crippen molar-refractivity contribution in [1.29, 1.82) is 0 Å². The average molecular weight is 232 g/mol. The molecule has 0 amide bonds. The average Bonchev–Trinajstić information content (AvgIpc) is 2.38. The highest BCUT2D eigenvalue weighted by atomic mass is 14.8.